The molecule has 0 N–H and O–H groups in total. The zero-order chi connectivity index (χ0) is 91.8. The van der Waals surface area contributed by atoms with E-state index in [9.17, 15) is 0 Å². The van der Waals surface area contributed by atoms with E-state index < -0.39 is 10.8 Å². The van der Waals surface area contributed by atoms with Gasteiger partial charge in [-0.15, -0.1) is 22.7 Å². The Morgan fingerprint density at radius 1 is 0.179 bits per heavy atom. The summed E-state index contributed by atoms with van der Waals surface area (Å²) in [5, 5.41) is 10.4. The van der Waals surface area contributed by atoms with Gasteiger partial charge < -0.3 is 18.9 Å². The summed E-state index contributed by atoms with van der Waals surface area (Å²) in [6, 6.07) is 190. The van der Waals surface area contributed by atoms with Gasteiger partial charge in [0.1, 0.15) is 0 Å². The van der Waals surface area contributed by atoms with Crippen LogP contribution < -0.4 is 9.80 Å². The molecule has 2 spiro atoms. The number of benzene rings is 22. The summed E-state index contributed by atoms with van der Waals surface area (Å²) in [6.45, 7) is 0. The number of aromatic nitrogens is 2. The molecule has 140 heavy (non-hydrogen) atoms. The molecule has 4 aromatic heterocycles. The summed E-state index contributed by atoms with van der Waals surface area (Å²) in [4.78, 5) is 5.07. The van der Waals surface area contributed by atoms with Crippen LogP contribution in [0.25, 0.3) is 184 Å². The molecule has 0 amide bonds. The van der Waals surface area contributed by atoms with Crippen molar-refractivity contribution in [1.82, 2.24) is 9.13 Å². The van der Waals surface area contributed by atoms with Gasteiger partial charge in [-0.05, 0) is 220 Å². The lowest BCUT2D eigenvalue weighted by Gasteiger charge is -2.39. The van der Waals surface area contributed by atoms with Crippen LogP contribution >= 0.6 is 22.7 Å². The minimum absolute atomic E-state index is 0.577. The van der Waals surface area contributed by atoms with Crippen molar-refractivity contribution in [2.45, 2.75) is 10.8 Å². The molecule has 6 heterocycles. The van der Waals surface area contributed by atoms with Crippen molar-refractivity contribution in [3.63, 3.8) is 0 Å². The van der Waals surface area contributed by atoms with Gasteiger partial charge in [0.15, 0.2) is 0 Å². The number of para-hydroxylation sites is 8. The highest BCUT2D eigenvalue weighted by Gasteiger charge is 2.54. The molecule has 0 saturated carbocycles. The summed E-state index contributed by atoms with van der Waals surface area (Å²) >= 11 is 3.75. The zero-order valence-corrected chi connectivity index (χ0v) is 77.7. The maximum atomic E-state index is 2.54. The molecular weight excluding hydrogens is 1730 g/mol. The molecule has 30 rings (SSSR count). The van der Waals surface area contributed by atoms with Gasteiger partial charge in [0.05, 0.1) is 67.0 Å². The molecular formula is C134H84N4S2. The average Bonchev–Trinajstić information content (AvgIpc) is 1.49. The highest BCUT2D eigenvalue weighted by atomic mass is 32.1. The van der Waals surface area contributed by atoms with Gasteiger partial charge >= 0.3 is 0 Å². The summed E-state index contributed by atoms with van der Waals surface area (Å²) in [5.41, 5.74) is 42.8. The normalized spacial score (nSPS) is 14.3. The Kier molecular flexibility index (Phi) is 18.0. The smallest absolute Gasteiger partial charge is 0.0755 e. The Bertz CT molecular complexity index is 9600. The number of fused-ring (bicyclic) bond motifs is 30. The van der Waals surface area contributed by atoms with Crippen LogP contribution in [0.2, 0.25) is 0 Å². The monoisotopic (exact) mass is 1810 g/mol. The van der Waals surface area contributed by atoms with Crippen LogP contribution in [0.1, 0.15) is 44.5 Å². The second kappa shape index (κ2) is 31.5. The molecule has 0 saturated heterocycles. The Morgan fingerprint density at radius 2 is 0.507 bits per heavy atom. The third kappa shape index (κ3) is 11.7. The molecule has 4 aliphatic rings. The SMILES string of the molecule is c1ccc(-c2cccc(-c3ccccc3N(c3ccc(-c4ccc5sc6ccccc6c5c4)cc3)c3cccc4c3-c3ccccc3C43c4ccccc4-n4c5ccccc5c5cccc3c54)c2)cc1.c1ccc(-c2cccc(-c3ccccc3N(c3ccc(-c4cccc5c4sc4ccccc45)cc3)c3cccc4c3-c3ccccc3C43c4ccccc4-n4c5ccccc5c5cccc3c54)c2)cc1. The Morgan fingerprint density at radius 3 is 1.04 bits per heavy atom. The molecule has 22 aromatic carbocycles. The second-order valence-electron chi connectivity index (χ2n) is 37.4. The van der Waals surface area contributed by atoms with E-state index in [1.807, 2.05) is 22.7 Å². The van der Waals surface area contributed by atoms with Crippen molar-refractivity contribution in [2.24, 2.45) is 0 Å². The van der Waals surface area contributed by atoms with Crippen LogP contribution in [0.4, 0.5) is 34.1 Å². The van der Waals surface area contributed by atoms with Gasteiger partial charge in [-0.25, -0.2) is 0 Å². The van der Waals surface area contributed by atoms with Gasteiger partial charge in [-0.2, -0.15) is 0 Å². The van der Waals surface area contributed by atoms with E-state index >= 15 is 0 Å². The number of rotatable bonds is 12. The lowest BCUT2D eigenvalue weighted by atomic mass is 9.65. The lowest BCUT2D eigenvalue weighted by molar-refractivity contribution is 0.748. The van der Waals surface area contributed by atoms with E-state index in [0.717, 1.165) is 45.3 Å². The molecule has 0 fully saturated rings. The van der Waals surface area contributed by atoms with E-state index in [1.165, 1.54) is 218 Å². The minimum atomic E-state index is -0.579. The van der Waals surface area contributed by atoms with Crippen LogP contribution in [0.5, 0.6) is 0 Å². The number of nitrogens with zero attached hydrogens (tertiary/aromatic N) is 4. The van der Waals surface area contributed by atoms with Gasteiger partial charge in [-0.1, -0.05) is 400 Å². The molecule has 26 aromatic rings. The van der Waals surface area contributed by atoms with Gasteiger partial charge in [0, 0.05) is 95.5 Å². The quantitative estimate of drug-likeness (QED) is 0.121. The van der Waals surface area contributed by atoms with Crippen LogP contribution in [0.3, 0.4) is 0 Å². The third-order valence-electron chi connectivity index (χ3n) is 30.4. The van der Waals surface area contributed by atoms with E-state index in [2.05, 4.69) is 529 Å². The number of hydrogen-bond donors (Lipinski definition) is 0. The Balaban J connectivity index is 0.000000134. The molecule has 2 aliphatic heterocycles. The van der Waals surface area contributed by atoms with Gasteiger partial charge in [-0.3, -0.25) is 0 Å². The van der Waals surface area contributed by atoms with Crippen LogP contribution in [-0.4, -0.2) is 9.13 Å². The second-order valence-corrected chi connectivity index (χ2v) is 39.6. The topological polar surface area (TPSA) is 16.3 Å². The van der Waals surface area contributed by atoms with E-state index in [1.54, 1.807) is 0 Å². The molecule has 2 aliphatic carbocycles. The van der Waals surface area contributed by atoms with Crippen LogP contribution in [0.15, 0.2) is 510 Å². The molecule has 2 unspecified atom stereocenters. The largest absolute Gasteiger partial charge is 0.309 e. The van der Waals surface area contributed by atoms with Crippen molar-refractivity contribution < 1.29 is 0 Å². The minimum Gasteiger partial charge on any atom is -0.309 e. The Labute approximate surface area is 818 Å². The summed E-state index contributed by atoms with van der Waals surface area (Å²) in [6.07, 6.45) is 0. The maximum absolute atomic E-state index is 2.54. The molecule has 652 valence electrons. The van der Waals surface area contributed by atoms with Crippen LogP contribution in [0, 0.1) is 0 Å². The first-order valence-corrected chi connectivity index (χ1v) is 50.0. The van der Waals surface area contributed by atoms with E-state index in [0.29, 0.717) is 0 Å². The molecule has 0 radical (unpaired) electrons. The van der Waals surface area contributed by atoms with E-state index in [-0.39, 0.29) is 0 Å². The molecule has 2 atom stereocenters. The standard InChI is InChI=1S/2C67H42N2S/c1-2-18-43(19-3-1)45-20-14-21-46(42-45)48-22-5-10-33-59(48)68(47-40-38-44(39-41-47)49-26-15-28-53-51-24-7-13-37-63(51)70-66(49)53)62-36-17-31-57-64(62)54-25-4-8-29-55(54)67(57)56-30-9-12-35-61(56)69-60-34-11-6-23-50(60)52-27-16-32-58(67)65(52)69;1-2-17-43(18-3-1)45-19-14-20-47(41-45)49-21-5-10-30-59(49)68(48-38-35-44(36-39-48)46-37-40-64-54(42-46)51-23-7-13-34-63(51)70-64)62-33-16-28-57-65(62)53-24-4-8-26-55(53)67(57)56-27-9-12-32-61(56)69-60-31-11-6-22-50(60)52-25-15-29-58(67)66(52)69/h2*1-42H. The van der Waals surface area contributed by atoms with Crippen molar-refractivity contribution in [3.05, 3.63) is 554 Å². The summed E-state index contributed by atoms with van der Waals surface area (Å²) < 4.78 is 10.3. The van der Waals surface area contributed by atoms with Crippen molar-refractivity contribution in [3.8, 4) is 100 Å². The van der Waals surface area contributed by atoms with Gasteiger partial charge in [0.2, 0.25) is 0 Å². The van der Waals surface area contributed by atoms with Crippen LogP contribution in [-0.2, 0) is 10.8 Å². The van der Waals surface area contributed by atoms with Crippen molar-refractivity contribution in [1.29, 1.82) is 0 Å². The van der Waals surface area contributed by atoms with Crippen molar-refractivity contribution >= 4 is 141 Å². The zero-order valence-electron chi connectivity index (χ0n) is 76.1. The highest BCUT2D eigenvalue weighted by molar-refractivity contribution is 7.26. The average molecular weight is 1810 g/mol. The maximum Gasteiger partial charge on any atom is 0.0755 e. The molecule has 4 nitrogen and oxygen atoms in total. The van der Waals surface area contributed by atoms with Gasteiger partial charge in [0.25, 0.3) is 0 Å². The van der Waals surface area contributed by atoms with E-state index in [4.69, 9.17) is 0 Å². The Hall–Kier alpha value is -17.5. The fraction of sp³-hybridized carbons (Fsp3) is 0.0149. The number of anilines is 6. The molecule has 6 heteroatoms. The third-order valence-corrected chi connectivity index (χ3v) is 32.8. The predicted octanol–water partition coefficient (Wildman–Crippen LogP) is 36.6. The lowest BCUT2D eigenvalue weighted by Crippen LogP contribution is -2.33. The fourth-order valence-electron chi connectivity index (χ4n) is 24.7. The summed E-state index contributed by atoms with van der Waals surface area (Å²) in [7, 11) is 0. The first-order valence-electron chi connectivity index (χ1n) is 48.3. The number of hydrogen-bond acceptors (Lipinski definition) is 4. The predicted molar refractivity (Wildman–Crippen MR) is 591 cm³/mol. The first kappa shape index (κ1) is 79.8. The summed E-state index contributed by atoms with van der Waals surface area (Å²) in [5.74, 6) is 0. The fourth-order valence-corrected chi connectivity index (χ4v) is 27.0. The highest BCUT2D eigenvalue weighted by Crippen LogP contribution is 2.67. The number of thiophene rings is 2. The first-order chi connectivity index (χ1) is 69.5. The van der Waals surface area contributed by atoms with Crippen molar-refractivity contribution in [2.75, 3.05) is 9.80 Å². The molecule has 0 bridgehead atoms.